The van der Waals surface area contributed by atoms with Crippen LogP contribution in [0.5, 0.6) is 0 Å². The molecule has 81 valence electrons. The summed E-state index contributed by atoms with van der Waals surface area (Å²) in [6.07, 6.45) is 0. The molecule has 0 N–H and O–H groups in total. The molecule has 0 saturated heterocycles. The first-order valence-electron chi connectivity index (χ1n) is 3.18. The van der Waals surface area contributed by atoms with Gasteiger partial charge in [0.05, 0.1) is 4.92 Å². The van der Waals surface area contributed by atoms with Crippen LogP contribution >= 0.6 is 7.60 Å². The number of rotatable bonds is 2. The molecule has 0 aliphatic rings. The molecule has 0 atom stereocenters. The van der Waals surface area contributed by atoms with E-state index in [1.54, 1.807) is 0 Å². The Kier molecular flexibility index (Phi) is 4.44. The van der Waals surface area contributed by atoms with Crippen molar-refractivity contribution < 1.29 is 36.3 Å². The third kappa shape index (κ3) is 3.21. The van der Waals surface area contributed by atoms with E-state index in [4.69, 9.17) is 0 Å². The third-order valence-electron chi connectivity index (χ3n) is 1.36. The van der Waals surface area contributed by atoms with Crippen molar-refractivity contribution in [1.82, 2.24) is 0 Å². The van der Waals surface area contributed by atoms with Crippen LogP contribution < -0.4 is 15.1 Å². The first kappa shape index (κ1) is 13.3. The van der Waals surface area contributed by atoms with Gasteiger partial charge in [-0.1, -0.05) is 12.1 Å². The second-order valence-corrected chi connectivity index (χ2v) is 3.79. The molecule has 6 nitrogen and oxygen atoms in total. The van der Waals surface area contributed by atoms with Crippen molar-refractivity contribution in [2.75, 3.05) is 0 Å². The van der Waals surface area contributed by atoms with Crippen LogP contribution in [0.2, 0.25) is 0 Å². The topological polar surface area (TPSA) is 106 Å². The molecule has 1 aromatic carbocycles. The SMILES string of the molecule is O=[N+]([O-])c1cccc(P(=O)([O-])[O-])c1.[Cu]. The summed E-state index contributed by atoms with van der Waals surface area (Å²) in [4.78, 5) is 30.3. The molecule has 0 unspecified atom stereocenters. The Morgan fingerprint density at radius 1 is 1.29 bits per heavy atom. The van der Waals surface area contributed by atoms with E-state index in [9.17, 15) is 24.5 Å². The van der Waals surface area contributed by atoms with Crippen molar-refractivity contribution in [3.05, 3.63) is 34.4 Å². The van der Waals surface area contributed by atoms with Crippen LogP contribution in [0, 0.1) is 10.1 Å². The molecule has 0 aliphatic carbocycles. The Morgan fingerprint density at radius 2 is 1.86 bits per heavy atom. The second kappa shape index (κ2) is 4.68. The molecule has 0 bridgehead atoms. The summed E-state index contributed by atoms with van der Waals surface area (Å²) in [5, 5.41) is 9.62. The van der Waals surface area contributed by atoms with Crippen molar-refractivity contribution in [1.29, 1.82) is 0 Å². The summed E-state index contributed by atoms with van der Waals surface area (Å²) in [6, 6.07) is 4.02. The summed E-state index contributed by atoms with van der Waals surface area (Å²) >= 11 is 0. The van der Waals surface area contributed by atoms with Crippen LogP contribution in [0.3, 0.4) is 0 Å². The van der Waals surface area contributed by atoms with E-state index in [0.717, 1.165) is 24.3 Å². The molecule has 14 heavy (non-hydrogen) atoms. The molecule has 0 spiro atoms. The zero-order valence-electron chi connectivity index (χ0n) is 6.55. The van der Waals surface area contributed by atoms with Gasteiger partial charge < -0.3 is 14.4 Å². The number of nitro groups is 1. The standard InChI is InChI=1S/C6H6NO5P.Cu/c8-7(9)5-2-1-3-6(4-5)13(10,11)12;/h1-4H,(H2,10,11,12);/p-2. The smallest absolute Gasteiger partial charge is 0.270 e. The van der Waals surface area contributed by atoms with E-state index in [2.05, 4.69) is 0 Å². The molecular weight excluding hydrogens is 261 g/mol. The monoisotopic (exact) mass is 264 g/mol. The van der Waals surface area contributed by atoms with E-state index < -0.39 is 23.5 Å². The fourth-order valence-electron chi connectivity index (χ4n) is 0.777. The van der Waals surface area contributed by atoms with Crippen LogP contribution in [0.25, 0.3) is 0 Å². The number of hydrogen-bond acceptors (Lipinski definition) is 5. The number of non-ortho nitro benzene ring substituents is 1. The van der Waals surface area contributed by atoms with E-state index in [1.165, 1.54) is 0 Å². The molecule has 8 heteroatoms. The molecule has 1 aromatic rings. The fraction of sp³-hybridized carbons (Fsp3) is 0. The number of benzene rings is 1. The van der Waals surface area contributed by atoms with Gasteiger partial charge in [0.15, 0.2) is 0 Å². The minimum Gasteiger partial charge on any atom is -0.807 e. The van der Waals surface area contributed by atoms with Gasteiger partial charge in [0.2, 0.25) is 0 Å². The molecule has 0 fully saturated rings. The van der Waals surface area contributed by atoms with Crippen LogP contribution in [-0.2, 0) is 21.6 Å². The van der Waals surface area contributed by atoms with Crippen molar-refractivity contribution >= 4 is 18.6 Å². The van der Waals surface area contributed by atoms with Gasteiger partial charge in [-0.3, -0.25) is 10.1 Å². The van der Waals surface area contributed by atoms with Crippen LogP contribution in [0.1, 0.15) is 0 Å². The fourth-order valence-corrected chi connectivity index (χ4v) is 1.34. The Hall–Kier alpha value is -0.711. The maximum atomic E-state index is 10.5. The summed E-state index contributed by atoms with van der Waals surface area (Å²) in [5.41, 5.74) is -0.413. The van der Waals surface area contributed by atoms with E-state index >= 15 is 0 Å². The van der Waals surface area contributed by atoms with Gasteiger partial charge in [-0.2, -0.15) is 0 Å². The van der Waals surface area contributed by atoms with Crippen LogP contribution in [0.4, 0.5) is 5.69 Å². The van der Waals surface area contributed by atoms with Gasteiger partial charge in [-0.05, 0) is 12.9 Å². The number of nitrogens with zero attached hydrogens (tertiary/aromatic N) is 1. The Bertz CT molecular complexity index is 390. The van der Waals surface area contributed by atoms with Gasteiger partial charge >= 0.3 is 0 Å². The Labute approximate surface area is 89.7 Å². The predicted octanol–water partition coefficient (Wildman–Crippen LogP) is -0.869. The number of hydrogen-bond donors (Lipinski definition) is 0. The van der Waals surface area contributed by atoms with E-state index in [-0.39, 0.29) is 17.1 Å². The molecule has 0 saturated carbocycles. The van der Waals surface area contributed by atoms with Gasteiger partial charge in [0.25, 0.3) is 5.69 Å². The van der Waals surface area contributed by atoms with E-state index in [1.807, 2.05) is 0 Å². The predicted molar refractivity (Wildman–Crippen MR) is 40.3 cm³/mol. The minimum atomic E-state index is -4.89. The van der Waals surface area contributed by atoms with Crippen LogP contribution in [-0.4, -0.2) is 4.92 Å². The van der Waals surface area contributed by atoms with Gasteiger partial charge in [0, 0.05) is 29.2 Å². The van der Waals surface area contributed by atoms with Gasteiger partial charge in [-0.15, -0.1) is 0 Å². The average molecular weight is 265 g/mol. The Balaban J connectivity index is 0.00000169. The largest absolute Gasteiger partial charge is 0.807 e. The summed E-state index contributed by atoms with van der Waals surface area (Å²) in [6.45, 7) is 0. The molecule has 0 aromatic heterocycles. The van der Waals surface area contributed by atoms with Crippen molar-refractivity contribution in [2.24, 2.45) is 0 Å². The third-order valence-corrected chi connectivity index (χ3v) is 2.27. The zero-order valence-corrected chi connectivity index (χ0v) is 8.38. The second-order valence-electron chi connectivity index (χ2n) is 2.27. The molecule has 1 rings (SSSR count). The average Bonchev–Trinajstić information content (AvgIpc) is 2.03. The van der Waals surface area contributed by atoms with Crippen molar-refractivity contribution in [2.45, 2.75) is 0 Å². The van der Waals surface area contributed by atoms with Gasteiger partial charge in [0.1, 0.15) is 0 Å². The normalized spacial score (nSPS) is 10.4. The van der Waals surface area contributed by atoms with Crippen LogP contribution in [0.15, 0.2) is 24.3 Å². The molecular formula is C6H4CuNO5P-2. The molecule has 1 radical (unpaired) electrons. The van der Waals surface area contributed by atoms with Crippen molar-refractivity contribution in [3.63, 3.8) is 0 Å². The quantitative estimate of drug-likeness (QED) is 0.299. The van der Waals surface area contributed by atoms with Crippen molar-refractivity contribution in [3.8, 4) is 0 Å². The zero-order chi connectivity index (χ0) is 10.1. The summed E-state index contributed by atoms with van der Waals surface area (Å²) in [5.74, 6) is 0. The number of nitro benzene ring substituents is 1. The Morgan fingerprint density at radius 3 is 2.29 bits per heavy atom. The maximum Gasteiger partial charge on any atom is 0.270 e. The maximum absolute atomic E-state index is 10.5. The summed E-state index contributed by atoms with van der Waals surface area (Å²) < 4.78 is 10.5. The minimum absolute atomic E-state index is 0. The summed E-state index contributed by atoms with van der Waals surface area (Å²) in [7, 11) is -4.89. The first-order valence-corrected chi connectivity index (χ1v) is 4.72. The molecule has 0 aliphatic heterocycles. The van der Waals surface area contributed by atoms with Gasteiger partial charge in [-0.25, -0.2) is 0 Å². The molecule has 0 heterocycles. The van der Waals surface area contributed by atoms with E-state index in [0.29, 0.717) is 0 Å². The first-order chi connectivity index (χ1) is 5.91. The molecule has 0 amide bonds.